The number of rotatable bonds is 5. The molecule has 0 aliphatic heterocycles. The predicted octanol–water partition coefficient (Wildman–Crippen LogP) is 2.68. The Balaban J connectivity index is 1.91. The zero-order valence-corrected chi connectivity index (χ0v) is 10.9. The Morgan fingerprint density at radius 3 is 2.72 bits per heavy atom. The minimum absolute atomic E-state index is 0.278. The summed E-state index contributed by atoms with van der Waals surface area (Å²) in [5.41, 5.74) is 0.840. The van der Waals surface area contributed by atoms with Gasteiger partial charge in [0.1, 0.15) is 5.56 Å². The van der Waals surface area contributed by atoms with Gasteiger partial charge in [-0.25, -0.2) is 4.79 Å². The van der Waals surface area contributed by atoms with Crippen LogP contribution in [0, 0.1) is 6.92 Å². The highest BCUT2D eigenvalue weighted by Gasteiger charge is 2.11. The Morgan fingerprint density at radius 1 is 1.39 bits per heavy atom. The Bertz CT molecular complexity index is 537. The highest BCUT2D eigenvalue weighted by Crippen LogP contribution is 2.17. The fourth-order valence-electron chi connectivity index (χ4n) is 1.62. The van der Waals surface area contributed by atoms with Crippen LogP contribution in [0.1, 0.15) is 16.1 Å². The molecule has 0 saturated heterocycles. The molecule has 0 spiro atoms. The molecule has 0 bridgehead atoms. The van der Waals surface area contributed by atoms with E-state index in [1.54, 1.807) is 29.6 Å². The standard InChI is InChI=1S/C13H14N2O2S/c1-10-12(13(16)17)9-15(14-10)7-8-18-11-5-3-2-4-6-11/h2-6,9H,7-8H2,1H3,(H,16,17). The van der Waals surface area contributed by atoms with Crippen molar-refractivity contribution >= 4 is 17.7 Å². The lowest BCUT2D eigenvalue weighted by atomic mass is 10.3. The Morgan fingerprint density at radius 2 is 2.11 bits per heavy atom. The number of carboxylic acid groups (broad SMARTS) is 1. The van der Waals surface area contributed by atoms with Gasteiger partial charge >= 0.3 is 5.97 Å². The first-order chi connectivity index (χ1) is 8.66. The van der Waals surface area contributed by atoms with Gasteiger partial charge in [0.15, 0.2) is 0 Å². The van der Waals surface area contributed by atoms with E-state index in [-0.39, 0.29) is 5.56 Å². The Kier molecular flexibility index (Phi) is 4.04. The minimum Gasteiger partial charge on any atom is -0.478 e. The molecular formula is C13H14N2O2S. The van der Waals surface area contributed by atoms with E-state index in [1.165, 1.54) is 4.90 Å². The van der Waals surface area contributed by atoms with E-state index < -0.39 is 5.97 Å². The quantitative estimate of drug-likeness (QED) is 0.842. The first-order valence-corrected chi connectivity index (χ1v) is 6.60. The summed E-state index contributed by atoms with van der Waals surface area (Å²) < 4.78 is 1.69. The van der Waals surface area contributed by atoms with Crippen LogP contribution < -0.4 is 0 Å². The van der Waals surface area contributed by atoms with Crippen molar-refractivity contribution in [1.29, 1.82) is 0 Å². The average Bonchev–Trinajstić information content (AvgIpc) is 2.72. The van der Waals surface area contributed by atoms with Crippen LogP contribution in [0.5, 0.6) is 0 Å². The smallest absolute Gasteiger partial charge is 0.339 e. The monoisotopic (exact) mass is 262 g/mol. The van der Waals surface area contributed by atoms with Gasteiger partial charge in [0.2, 0.25) is 0 Å². The van der Waals surface area contributed by atoms with Crippen LogP contribution in [0.4, 0.5) is 0 Å². The minimum atomic E-state index is -0.922. The van der Waals surface area contributed by atoms with Crippen molar-refractivity contribution in [3.05, 3.63) is 47.8 Å². The average molecular weight is 262 g/mol. The maximum absolute atomic E-state index is 10.9. The van der Waals surface area contributed by atoms with E-state index in [1.807, 2.05) is 18.2 Å². The molecule has 1 heterocycles. The van der Waals surface area contributed by atoms with Gasteiger partial charge in [-0.2, -0.15) is 5.10 Å². The lowest BCUT2D eigenvalue weighted by Gasteiger charge is -2.01. The van der Waals surface area contributed by atoms with E-state index in [2.05, 4.69) is 17.2 Å². The highest BCUT2D eigenvalue weighted by molar-refractivity contribution is 7.99. The molecule has 5 heteroatoms. The van der Waals surface area contributed by atoms with Crippen LogP contribution >= 0.6 is 11.8 Å². The van der Waals surface area contributed by atoms with Crippen molar-refractivity contribution in [2.24, 2.45) is 0 Å². The second-order valence-electron chi connectivity index (χ2n) is 3.86. The zero-order chi connectivity index (χ0) is 13.0. The van der Waals surface area contributed by atoms with Gasteiger partial charge in [-0.1, -0.05) is 18.2 Å². The van der Waals surface area contributed by atoms with E-state index >= 15 is 0 Å². The van der Waals surface area contributed by atoms with Gasteiger partial charge in [-0.05, 0) is 19.1 Å². The van der Waals surface area contributed by atoms with Gasteiger partial charge in [0.25, 0.3) is 0 Å². The molecular weight excluding hydrogens is 248 g/mol. The molecule has 0 unspecified atom stereocenters. The lowest BCUT2D eigenvalue weighted by Crippen LogP contribution is -2.01. The fourth-order valence-corrected chi connectivity index (χ4v) is 2.48. The molecule has 1 aromatic carbocycles. The molecule has 2 rings (SSSR count). The summed E-state index contributed by atoms with van der Waals surface area (Å²) >= 11 is 1.73. The Hall–Kier alpha value is -1.75. The number of hydrogen-bond donors (Lipinski definition) is 1. The van der Waals surface area contributed by atoms with Gasteiger partial charge in [0.05, 0.1) is 12.2 Å². The van der Waals surface area contributed by atoms with E-state index in [0.717, 1.165) is 5.75 Å². The van der Waals surface area contributed by atoms with Crippen molar-refractivity contribution in [1.82, 2.24) is 9.78 Å². The second-order valence-corrected chi connectivity index (χ2v) is 5.03. The van der Waals surface area contributed by atoms with Crippen molar-refractivity contribution < 1.29 is 9.90 Å². The molecule has 0 aliphatic rings. The molecule has 18 heavy (non-hydrogen) atoms. The summed E-state index contributed by atoms with van der Waals surface area (Å²) in [4.78, 5) is 12.1. The third-order valence-electron chi connectivity index (χ3n) is 2.51. The molecule has 1 aromatic heterocycles. The summed E-state index contributed by atoms with van der Waals surface area (Å²) in [5, 5.41) is 13.1. The summed E-state index contributed by atoms with van der Waals surface area (Å²) in [6.07, 6.45) is 1.59. The fraction of sp³-hybridized carbons (Fsp3) is 0.231. The van der Waals surface area contributed by atoms with Crippen molar-refractivity contribution in [2.75, 3.05) is 5.75 Å². The predicted molar refractivity (Wildman–Crippen MR) is 71.1 cm³/mol. The van der Waals surface area contributed by atoms with Crippen LogP contribution in [0.2, 0.25) is 0 Å². The zero-order valence-electron chi connectivity index (χ0n) is 10.0. The van der Waals surface area contributed by atoms with Crippen LogP contribution in [0.15, 0.2) is 41.4 Å². The normalized spacial score (nSPS) is 10.5. The third-order valence-corrected chi connectivity index (χ3v) is 3.50. The molecule has 0 radical (unpaired) electrons. The number of thioether (sulfide) groups is 1. The number of aryl methyl sites for hydroxylation is 2. The van der Waals surface area contributed by atoms with Gasteiger partial charge in [-0.3, -0.25) is 4.68 Å². The molecule has 94 valence electrons. The number of nitrogens with zero attached hydrogens (tertiary/aromatic N) is 2. The van der Waals surface area contributed by atoms with E-state index in [4.69, 9.17) is 5.11 Å². The van der Waals surface area contributed by atoms with Crippen molar-refractivity contribution in [3.8, 4) is 0 Å². The van der Waals surface area contributed by atoms with Gasteiger partial charge in [-0.15, -0.1) is 11.8 Å². The topological polar surface area (TPSA) is 55.1 Å². The first-order valence-electron chi connectivity index (χ1n) is 5.62. The number of aromatic carboxylic acids is 1. The molecule has 1 N–H and O–H groups in total. The van der Waals surface area contributed by atoms with Crippen LogP contribution in [-0.4, -0.2) is 26.6 Å². The molecule has 2 aromatic rings. The summed E-state index contributed by atoms with van der Waals surface area (Å²) in [5.74, 6) is -0.0565. The van der Waals surface area contributed by atoms with E-state index in [9.17, 15) is 4.79 Å². The second kappa shape index (κ2) is 5.73. The number of aromatic nitrogens is 2. The summed E-state index contributed by atoms with van der Waals surface area (Å²) in [6, 6.07) is 10.1. The van der Waals surface area contributed by atoms with Crippen LogP contribution in [0.3, 0.4) is 0 Å². The lowest BCUT2D eigenvalue weighted by molar-refractivity contribution is 0.0696. The van der Waals surface area contributed by atoms with Gasteiger partial charge in [0, 0.05) is 16.8 Å². The van der Waals surface area contributed by atoms with Crippen LogP contribution in [-0.2, 0) is 6.54 Å². The molecule has 0 atom stereocenters. The molecule has 4 nitrogen and oxygen atoms in total. The molecule has 0 amide bonds. The largest absolute Gasteiger partial charge is 0.478 e. The van der Waals surface area contributed by atoms with E-state index in [0.29, 0.717) is 12.2 Å². The maximum Gasteiger partial charge on any atom is 0.339 e. The van der Waals surface area contributed by atoms with Crippen LogP contribution in [0.25, 0.3) is 0 Å². The summed E-state index contributed by atoms with van der Waals surface area (Å²) in [6.45, 7) is 2.41. The summed E-state index contributed by atoms with van der Waals surface area (Å²) in [7, 11) is 0. The third kappa shape index (κ3) is 3.13. The van der Waals surface area contributed by atoms with Crippen molar-refractivity contribution in [2.45, 2.75) is 18.4 Å². The van der Waals surface area contributed by atoms with Gasteiger partial charge < -0.3 is 5.11 Å². The number of carboxylic acids is 1. The number of carbonyl (C=O) groups is 1. The van der Waals surface area contributed by atoms with Crippen molar-refractivity contribution in [3.63, 3.8) is 0 Å². The SMILES string of the molecule is Cc1nn(CCSc2ccccc2)cc1C(=O)O. The Labute approximate surface area is 110 Å². The molecule has 0 saturated carbocycles. The molecule has 0 aliphatic carbocycles. The maximum atomic E-state index is 10.9. The number of benzene rings is 1. The highest BCUT2D eigenvalue weighted by atomic mass is 32.2. The first kappa shape index (κ1) is 12.7. The number of hydrogen-bond acceptors (Lipinski definition) is 3. The molecule has 0 fully saturated rings.